The Morgan fingerprint density at radius 1 is 1.43 bits per heavy atom. The second-order valence-electron chi connectivity index (χ2n) is 5.03. The largest absolute Gasteiger partial charge is 0.344 e. The maximum atomic E-state index is 12.3. The van der Waals surface area contributed by atoms with E-state index in [0.29, 0.717) is 18.1 Å². The van der Waals surface area contributed by atoms with E-state index >= 15 is 0 Å². The zero-order valence-electron chi connectivity index (χ0n) is 13.3. The summed E-state index contributed by atoms with van der Waals surface area (Å²) in [7, 11) is 3.57. The standard InChI is InChI=1S/C15H18N6OS/c1-11(14(22)20(2)10-4-7-16)23-15-19-18-13(21(15)3)12-5-8-17-9-6-12/h5-6,8-9,11H,4,10H2,1-3H3/t11-/m0/s1. The summed E-state index contributed by atoms with van der Waals surface area (Å²) in [5.41, 5.74) is 0.923. The summed E-state index contributed by atoms with van der Waals surface area (Å²) >= 11 is 1.36. The monoisotopic (exact) mass is 330 g/mol. The van der Waals surface area contributed by atoms with E-state index in [2.05, 4.69) is 15.2 Å². The van der Waals surface area contributed by atoms with Crippen LogP contribution in [0.5, 0.6) is 0 Å². The van der Waals surface area contributed by atoms with Crippen LogP contribution in [0.3, 0.4) is 0 Å². The Labute approximate surface area is 139 Å². The Balaban J connectivity index is 2.08. The Morgan fingerprint density at radius 3 is 2.78 bits per heavy atom. The van der Waals surface area contributed by atoms with Crippen LogP contribution < -0.4 is 0 Å². The number of nitriles is 1. The highest BCUT2D eigenvalue weighted by Gasteiger charge is 2.21. The Kier molecular flexibility index (Phi) is 5.71. The van der Waals surface area contributed by atoms with Crippen LogP contribution in [0.15, 0.2) is 29.7 Å². The van der Waals surface area contributed by atoms with Crippen LogP contribution in [-0.2, 0) is 11.8 Å². The molecule has 0 aromatic carbocycles. The molecule has 0 aliphatic heterocycles. The third-order valence-corrected chi connectivity index (χ3v) is 4.46. The van der Waals surface area contributed by atoms with Crippen LogP contribution in [0.4, 0.5) is 0 Å². The number of nitrogens with zero attached hydrogens (tertiary/aromatic N) is 6. The summed E-state index contributed by atoms with van der Waals surface area (Å²) in [6, 6.07) is 5.77. The molecule has 0 unspecified atom stereocenters. The molecule has 0 aliphatic rings. The van der Waals surface area contributed by atoms with Crippen molar-refractivity contribution in [2.75, 3.05) is 13.6 Å². The van der Waals surface area contributed by atoms with Gasteiger partial charge in [-0.3, -0.25) is 9.78 Å². The molecule has 0 fully saturated rings. The number of carbonyl (C=O) groups excluding carboxylic acids is 1. The highest BCUT2D eigenvalue weighted by Crippen LogP contribution is 2.26. The summed E-state index contributed by atoms with van der Waals surface area (Å²) in [6.07, 6.45) is 3.73. The van der Waals surface area contributed by atoms with Gasteiger partial charge in [0.25, 0.3) is 0 Å². The molecule has 0 N–H and O–H groups in total. The van der Waals surface area contributed by atoms with E-state index in [4.69, 9.17) is 5.26 Å². The molecule has 0 saturated heterocycles. The second-order valence-corrected chi connectivity index (χ2v) is 6.34. The molecule has 0 spiro atoms. The van der Waals surface area contributed by atoms with Gasteiger partial charge < -0.3 is 9.47 Å². The molecule has 0 saturated carbocycles. The van der Waals surface area contributed by atoms with Crippen molar-refractivity contribution in [2.24, 2.45) is 7.05 Å². The molecule has 2 heterocycles. The molecule has 7 nitrogen and oxygen atoms in total. The van der Waals surface area contributed by atoms with Crippen molar-refractivity contribution in [3.05, 3.63) is 24.5 Å². The molecule has 2 aromatic heterocycles. The number of hydrogen-bond donors (Lipinski definition) is 0. The summed E-state index contributed by atoms with van der Waals surface area (Å²) in [5.74, 6) is 0.700. The van der Waals surface area contributed by atoms with E-state index in [1.165, 1.54) is 11.8 Å². The predicted octanol–water partition coefficient (Wildman–Crippen LogP) is 1.73. The van der Waals surface area contributed by atoms with Gasteiger partial charge in [0.15, 0.2) is 11.0 Å². The first-order valence-corrected chi connectivity index (χ1v) is 8.01. The van der Waals surface area contributed by atoms with Crippen LogP contribution in [-0.4, -0.2) is 49.4 Å². The summed E-state index contributed by atoms with van der Waals surface area (Å²) in [5, 5.41) is 17.3. The van der Waals surface area contributed by atoms with Crippen molar-refractivity contribution in [3.8, 4) is 17.5 Å². The average Bonchev–Trinajstić information content (AvgIpc) is 2.93. The van der Waals surface area contributed by atoms with Crippen LogP contribution in [0.1, 0.15) is 13.3 Å². The lowest BCUT2D eigenvalue weighted by molar-refractivity contribution is -0.128. The normalized spacial score (nSPS) is 11.7. The topological polar surface area (TPSA) is 87.7 Å². The minimum absolute atomic E-state index is 0.0290. The van der Waals surface area contributed by atoms with Gasteiger partial charge in [0.05, 0.1) is 17.7 Å². The highest BCUT2D eigenvalue weighted by molar-refractivity contribution is 8.00. The van der Waals surface area contributed by atoms with Gasteiger partial charge in [-0.25, -0.2) is 0 Å². The van der Waals surface area contributed by atoms with Crippen LogP contribution in [0.2, 0.25) is 0 Å². The van der Waals surface area contributed by atoms with Crippen molar-refractivity contribution >= 4 is 17.7 Å². The first-order chi connectivity index (χ1) is 11.0. The molecule has 23 heavy (non-hydrogen) atoms. The van der Waals surface area contributed by atoms with Gasteiger partial charge in [0.2, 0.25) is 5.91 Å². The number of pyridine rings is 1. The van der Waals surface area contributed by atoms with Gasteiger partial charge in [-0.2, -0.15) is 5.26 Å². The maximum absolute atomic E-state index is 12.3. The lowest BCUT2D eigenvalue weighted by Crippen LogP contribution is -2.34. The first-order valence-electron chi connectivity index (χ1n) is 7.13. The fraction of sp³-hybridized carbons (Fsp3) is 0.400. The van der Waals surface area contributed by atoms with E-state index in [-0.39, 0.29) is 11.2 Å². The molecule has 120 valence electrons. The molecule has 0 aliphatic carbocycles. The third-order valence-electron chi connectivity index (χ3n) is 3.34. The molecule has 1 amide bonds. The summed E-state index contributed by atoms with van der Waals surface area (Å²) in [6.45, 7) is 2.26. The van der Waals surface area contributed by atoms with Crippen LogP contribution >= 0.6 is 11.8 Å². The van der Waals surface area contributed by atoms with E-state index < -0.39 is 0 Å². The van der Waals surface area contributed by atoms with Gasteiger partial charge in [0.1, 0.15) is 0 Å². The lowest BCUT2D eigenvalue weighted by Gasteiger charge is -2.19. The Hall–Kier alpha value is -2.40. The molecular weight excluding hydrogens is 312 g/mol. The molecule has 0 bridgehead atoms. The van der Waals surface area contributed by atoms with Gasteiger partial charge in [0, 0.05) is 38.6 Å². The second kappa shape index (κ2) is 7.74. The fourth-order valence-electron chi connectivity index (χ4n) is 2.02. The average molecular weight is 330 g/mol. The van der Waals surface area contributed by atoms with Crippen molar-refractivity contribution < 1.29 is 4.79 Å². The quantitative estimate of drug-likeness (QED) is 0.750. The molecule has 1 atom stereocenters. The zero-order valence-corrected chi connectivity index (χ0v) is 14.1. The van der Waals surface area contributed by atoms with E-state index in [0.717, 1.165) is 11.4 Å². The number of thioether (sulfide) groups is 1. The SMILES string of the molecule is C[C@H](Sc1nnc(-c2ccncc2)n1C)C(=O)N(C)CCC#N. The maximum Gasteiger partial charge on any atom is 0.235 e. The smallest absolute Gasteiger partial charge is 0.235 e. The van der Waals surface area contributed by atoms with Crippen molar-refractivity contribution in [3.63, 3.8) is 0 Å². The zero-order chi connectivity index (χ0) is 16.8. The number of aromatic nitrogens is 4. The van der Waals surface area contributed by atoms with Gasteiger partial charge >= 0.3 is 0 Å². The third kappa shape index (κ3) is 4.07. The van der Waals surface area contributed by atoms with Gasteiger partial charge in [-0.15, -0.1) is 10.2 Å². The summed E-state index contributed by atoms with van der Waals surface area (Å²) < 4.78 is 1.86. The highest BCUT2D eigenvalue weighted by atomic mass is 32.2. The molecule has 0 radical (unpaired) electrons. The molecular formula is C15H18N6OS. The van der Waals surface area contributed by atoms with Gasteiger partial charge in [-0.1, -0.05) is 11.8 Å². The van der Waals surface area contributed by atoms with E-state index in [9.17, 15) is 4.79 Å². The first kappa shape index (κ1) is 17.0. The van der Waals surface area contributed by atoms with E-state index in [1.807, 2.05) is 36.7 Å². The van der Waals surface area contributed by atoms with Crippen LogP contribution in [0.25, 0.3) is 11.4 Å². The minimum Gasteiger partial charge on any atom is -0.344 e. The number of rotatable bonds is 6. The minimum atomic E-state index is -0.299. The van der Waals surface area contributed by atoms with Crippen LogP contribution in [0, 0.1) is 11.3 Å². The van der Waals surface area contributed by atoms with Crippen molar-refractivity contribution in [1.82, 2.24) is 24.6 Å². The number of hydrogen-bond acceptors (Lipinski definition) is 6. The lowest BCUT2D eigenvalue weighted by atomic mass is 10.2. The van der Waals surface area contributed by atoms with E-state index in [1.54, 1.807) is 24.3 Å². The molecule has 2 aromatic rings. The Morgan fingerprint density at radius 2 is 2.13 bits per heavy atom. The van der Waals surface area contributed by atoms with Crippen molar-refractivity contribution in [1.29, 1.82) is 5.26 Å². The number of amides is 1. The fourth-order valence-corrected chi connectivity index (χ4v) is 2.95. The predicted molar refractivity (Wildman–Crippen MR) is 87.4 cm³/mol. The molecule has 2 rings (SSSR count). The van der Waals surface area contributed by atoms with Crippen molar-refractivity contribution in [2.45, 2.75) is 23.8 Å². The van der Waals surface area contributed by atoms with Gasteiger partial charge in [-0.05, 0) is 19.1 Å². The summed E-state index contributed by atoms with van der Waals surface area (Å²) in [4.78, 5) is 17.8. The number of carbonyl (C=O) groups is 1. The molecule has 8 heteroatoms. The Bertz CT molecular complexity index is 709.